The van der Waals surface area contributed by atoms with Gasteiger partial charge in [-0.05, 0) is 24.4 Å². The van der Waals surface area contributed by atoms with E-state index >= 15 is 0 Å². The van der Waals surface area contributed by atoms with E-state index in [1.54, 1.807) is 12.4 Å². The Labute approximate surface area is 70.4 Å². The largest absolute Gasteiger partial charge is 0.474 e. The summed E-state index contributed by atoms with van der Waals surface area (Å²) < 4.78 is 4.75. The van der Waals surface area contributed by atoms with Gasteiger partial charge in [0.2, 0.25) is 0 Å². The van der Waals surface area contributed by atoms with Crippen molar-refractivity contribution in [3.63, 3.8) is 0 Å². The van der Waals surface area contributed by atoms with Crippen LogP contribution in [0.5, 0.6) is 0 Å². The topological polar surface area (TPSA) is 34.1 Å². The maximum atomic E-state index is 4.78. The number of anilines is 1. The van der Waals surface area contributed by atoms with Gasteiger partial charge < -0.3 is 10.1 Å². The molecular formula is C7H8N2OS. The predicted molar refractivity (Wildman–Crippen MR) is 47.5 cm³/mol. The molecule has 1 N–H and O–H groups in total. The number of hydrogen-bond acceptors (Lipinski definition) is 3. The van der Waals surface area contributed by atoms with Crippen LogP contribution in [0.1, 0.15) is 0 Å². The summed E-state index contributed by atoms with van der Waals surface area (Å²) in [7, 11) is 1.52. The highest BCUT2D eigenvalue weighted by Crippen LogP contribution is 2.02. The van der Waals surface area contributed by atoms with E-state index in [0.717, 1.165) is 5.69 Å². The first-order chi connectivity index (χ1) is 5.33. The number of methoxy groups -OCH3 is 1. The summed E-state index contributed by atoms with van der Waals surface area (Å²) >= 11 is 4.78. The van der Waals surface area contributed by atoms with E-state index in [1.807, 2.05) is 12.1 Å². The van der Waals surface area contributed by atoms with Gasteiger partial charge >= 0.3 is 0 Å². The van der Waals surface area contributed by atoms with Gasteiger partial charge in [-0.15, -0.1) is 0 Å². The molecule has 1 rings (SSSR count). The number of pyridine rings is 1. The molecule has 4 heteroatoms. The molecule has 3 nitrogen and oxygen atoms in total. The number of thiocarbonyl (C=S) groups is 1. The number of rotatable bonds is 1. The molecule has 1 aromatic heterocycles. The fourth-order valence-electron chi connectivity index (χ4n) is 0.606. The van der Waals surface area contributed by atoms with Gasteiger partial charge in [-0.1, -0.05) is 0 Å². The van der Waals surface area contributed by atoms with Crippen LogP contribution >= 0.6 is 12.2 Å². The van der Waals surface area contributed by atoms with Crippen LogP contribution in [-0.2, 0) is 4.74 Å². The normalized spacial score (nSPS) is 8.82. The standard InChI is InChI=1S/C7H8N2OS/c1-10-7(11)9-6-3-2-4-8-5-6/h2-5H,1H3,(H,9,11). The Morgan fingerprint density at radius 2 is 2.55 bits per heavy atom. The van der Waals surface area contributed by atoms with Gasteiger partial charge in [-0.2, -0.15) is 0 Å². The number of hydrogen-bond donors (Lipinski definition) is 1. The fraction of sp³-hybridized carbons (Fsp3) is 0.143. The Hall–Kier alpha value is -1.16. The van der Waals surface area contributed by atoms with Gasteiger partial charge in [-0.3, -0.25) is 4.98 Å². The molecule has 1 heterocycles. The summed E-state index contributed by atoms with van der Waals surface area (Å²) in [6.07, 6.45) is 3.37. The maximum absolute atomic E-state index is 4.78. The highest BCUT2D eigenvalue weighted by molar-refractivity contribution is 7.80. The van der Waals surface area contributed by atoms with Gasteiger partial charge in [0.15, 0.2) is 0 Å². The maximum Gasteiger partial charge on any atom is 0.260 e. The number of nitrogens with zero attached hydrogens (tertiary/aromatic N) is 1. The smallest absolute Gasteiger partial charge is 0.260 e. The van der Waals surface area contributed by atoms with E-state index in [-0.39, 0.29) is 0 Å². The van der Waals surface area contributed by atoms with Gasteiger partial charge in [0.05, 0.1) is 19.0 Å². The van der Waals surface area contributed by atoms with Crippen molar-refractivity contribution < 1.29 is 4.74 Å². The minimum Gasteiger partial charge on any atom is -0.474 e. The highest BCUT2D eigenvalue weighted by atomic mass is 32.1. The van der Waals surface area contributed by atoms with E-state index in [1.165, 1.54) is 7.11 Å². The van der Waals surface area contributed by atoms with Gasteiger partial charge in [0, 0.05) is 6.20 Å². The van der Waals surface area contributed by atoms with Crippen molar-refractivity contribution in [3.05, 3.63) is 24.5 Å². The first-order valence-corrected chi connectivity index (χ1v) is 3.49. The van der Waals surface area contributed by atoms with Gasteiger partial charge in [0.1, 0.15) is 0 Å². The average molecular weight is 168 g/mol. The molecule has 0 unspecified atom stereocenters. The molecule has 0 aliphatic carbocycles. The molecule has 58 valence electrons. The van der Waals surface area contributed by atoms with Crippen LogP contribution in [-0.4, -0.2) is 17.3 Å². The SMILES string of the molecule is COC(=S)Nc1cccnc1. The Morgan fingerprint density at radius 1 is 1.73 bits per heavy atom. The van der Waals surface area contributed by atoms with Crippen LogP contribution in [0, 0.1) is 0 Å². The molecule has 0 aromatic carbocycles. The number of nitrogens with one attached hydrogen (secondary N) is 1. The molecule has 0 saturated heterocycles. The van der Waals surface area contributed by atoms with E-state index in [2.05, 4.69) is 10.3 Å². The minimum atomic E-state index is 0.345. The van der Waals surface area contributed by atoms with Crippen molar-refractivity contribution in [3.8, 4) is 0 Å². The Morgan fingerprint density at radius 3 is 3.09 bits per heavy atom. The third kappa shape index (κ3) is 2.51. The lowest BCUT2D eigenvalue weighted by Crippen LogP contribution is -2.10. The van der Waals surface area contributed by atoms with Crippen molar-refractivity contribution in [2.75, 3.05) is 12.4 Å². The van der Waals surface area contributed by atoms with Gasteiger partial charge in [0.25, 0.3) is 5.17 Å². The zero-order valence-electron chi connectivity index (χ0n) is 6.07. The molecule has 0 spiro atoms. The van der Waals surface area contributed by atoms with Crippen LogP contribution in [0.2, 0.25) is 0 Å². The average Bonchev–Trinajstić information content (AvgIpc) is 2.06. The number of aromatic nitrogens is 1. The lowest BCUT2D eigenvalue weighted by molar-refractivity contribution is 0.413. The first-order valence-electron chi connectivity index (χ1n) is 3.08. The van der Waals surface area contributed by atoms with Crippen molar-refractivity contribution in [2.24, 2.45) is 0 Å². The molecule has 0 atom stereocenters. The molecule has 1 aromatic rings. The van der Waals surface area contributed by atoms with E-state index in [9.17, 15) is 0 Å². The lowest BCUT2D eigenvalue weighted by atomic mass is 10.4. The Kier molecular flexibility index (Phi) is 2.80. The second-order valence-electron chi connectivity index (χ2n) is 1.86. The zero-order chi connectivity index (χ0) is 8.10. The zero-order valence-corrected chi connectivity index (χ0v) is 6.89. The molecule has 0 amide bonds. The summed E-state index contributed by atoms with van der Waals surface area (Å²) in [6.45, 7) is 0. The predicted octanol–water partition coefficient (Wildman–Crippen LogP) is 1.42. The van der Waals surface area contributed by atoms with Crippen molar-refractivity contribution in [1.82, 2.24) is 4.98 Å². The van der Waals surface area contributed by atoms with Crippen molar-refractivity contribution in [1.29, 1.82) is 0 Å². The van der Waals surface area contributed by atoms with Crippen molar-refractivity contribution >= 4 is 23.1 Å². The second kappa shape index (κ2) is 3.88. The Balaban J connectivity index is 2.58. The van der Waals surface area contributed by atoms with Gasteiger partial charge in [-0.25, -0.2) is 0 Å². The summed E-state index contributed by atoms with van der Waals surface area (Å²) in [5, 5.41) is 3.18. The van der Waals surface area contributed by atoms with Crippen LogP contribution in [0.4, 0.5) is 5.69 Å². The third-order valence-electron chi connectivity index (χ3n) is 1.09. The van der Waals surface area contributed by atoms with Crippen LogP contribution in [0.15, 0.2) is 24.5 Å². The molecule has 0 aliphatic heterocycles. The van der Waals surface area contributed by atoms with E-state index in [4.69, 9.17) is 17.0 Å². The molecule has 0 fully saturated rings. The van der Waals surface area contributed by atoms with Crippen LogP contribution < -0.4 is 5.32 Å². The minimum absolute atomic E-state index is 0.345. The quantitative estimate of drug-likeness (QED) is 0.643. The number of ether oxygens (including phenoxy) is 1. The fourth-order valence-corrected chi connectivity index (χ4v) is 0.723. The third-order valence-corrected chi connectivity index (χ3v) is 1.36. The molecule has 0 bridgehead atoms. The molecule has 11 heavy (non-hydrogen) atoms. The van der Waals surface area contributed by atoms with Crippen LogP contribution in [0.3, 0.4) is 0 Å². The first kappa shape index (κ1) is 7.94. The molecule has 0 saturated carbocycles. The monoisotopic (exact) mass is 168 g/mol. The molecular weight excluding hydrogens is 160 g/mol. The lowest BCUT2D eigenvalue weighted by Gasteiger charge is -2.03. The highest BCUT2D eigenvalue weighted by Gasteiger charge is 1.93. The Bertz CT molecular complexity index is 237. The summed E-state index contributed by atoms with van der Waals surface area (Å²) in [5.74, 6) is 0. The molecule has 0 radical (unpaired) electrons. The summed E-state index contributed by atoms with van der Waals surface area (Å²) in [6, 6.07) is 3.68. The van der Waals surface area contributed by atoms with Crippen LogP contribution in [0.25, 0.3) is 0 Å². The van der Waals surface area contributed by atoms with E-state index in [0.29, 0.717) is 5.17 Å². The van der Waals surface area contributed by atoms with Crippen molar-refractivity contribution in [2.45, 2.75) is 0 Å². The second-order valence-corrected chi connectivity index (χ2v) is 2.23. The summed E-state index contributed by atoms with van der Waals surface area (Å²) in [5.41, 5.74) is 0.833. The summed E-state index contributed by atoms with van der Waals surface area (Å²) in [4.78, 5) is 3.89. The molecule has 0 aliphatic rings. The van der Waals surface area contributed by atoms with E-state index < -0.39 is 0 Å².